The molecule has 0 radical (unpaired) electrons. The lowest BCUT2D eigenvalue weighted by atomic mass is 9.88. The highest BCUT2D eigenvalue weighted by atomic mass is 19.3. The average molecular weight is 222 g/mol. The third kappa shape index (κ3) is 8.75. The lowest BCUT2D eigenvalue weighted by Crippen LogP contribution is -2.23. The van der Waals surface area contributed by atoms with Crippen molar-refractivity contribution in [2.24, 2.45) is 17.6 Å². The van der Waals surface area contributed by atoms with E-state index in [4.69, 9.17) is 5.73 Å². The molecular weight excluding hydrogens is 198 g/mol. The predicted molar refractivity (Wildman–Crippen MR) is 60.1 cm³/mol. The first-order valence-corrected chi connectivity index (χ1v) is 5.76. The van der Waals surface area contributed by atoms with Gasteiger partial charge in [0.2, 0.25) is 0 Å². The molecule has 1 unspecified atom stereocenters. The maximum absolute atomic E-state index is 11.8. The van der Waals surface area contributed by atoms with Crippen LogP contribution in [0.2, 0.25) is 0 Å². The number of halogens is 2. The zero-order valence-corrected chi connectivity index (χ0v) is 9.81. The van der Waals surface area contributed by atoms with E-state index in [1.54, 1.807) is 0 Å². The van der Waals surface area contributed by atoms with Crippen LogP contribution in [0.15, 0.2) is 0 Å². The van der Waals surface area contributed by atoms with E-state index in [0.717, 1.165) is 19.3 Å². The molecule has 92 valence electrons. The fourth-order valence-electron chi connectivity index (χ4n) is 1.73. The van der Waals surface area contributed by atoms with Gasteiger partial charge < -0.3 is 11.1 Å². The standard InChI is InChI=1S/C11H24F2N2/c1-9(2)10(5-6-14)4-3-7-15-8-11(12)13/h9-11,15H,3-8,14H2,1-2H3. The largest absolute Gasteiger partial charge is 0.330 e. The molecule has 0 aliphatic carbocycles. The second-order valence-corrected chi connectivity index (χ2v) is 4.32. The molecule has 0 bridgehead atoms. The molecule has 0 amide bonds. The van der Waals surface area contributed by atoms with Crippen LogP contribution in [-0.4, -0.2) is 26.1 Å². The average Bonchev–Trinajstić information content (AvgIpc) is 2.15. The first-order valence-electron chi connectivity index (χ1n) is 5.76. The Hall–Kier alpha value is -0.220. The van der Waals surface area contributed by atoms with Crippen LogP contribution >= 0.6 is 0 Å². The summed E-state index contributed by atoms with van der Waals surface area (Å²) in [6, 6.07) is 0. The SMILES string of the molecule is CC(C)C(CCN)CCCNCC(F)F. The summed E-state index contributed by atoms with van der Waals surface area (Å²) in [4.78, 5) is 0. The number of hydrogen-bond acceptors (Lipinski definition) is 2. The van der Waals surface area contributed by atoms with E-state index in [2.05, 4.69) is 19.2 Å². The highest BCUT2D eigenvalue weighted by Crippen LogP contribution is 2.19. The Morgan fingerprint density at radius 2 is 1.87 bits per heavy atom. The Kier molecular flexibility index (Phi) is 8.91. The first-order chi connectivity index (χ1) is 7.07. The van der Waals surface area contributed by atoms with Crippen molar-refractivity contribution in [2.45, 2.75) is 39.5 Å². The van der Waals surface area contributed by atoms with Gasteiger partial charge in [0.1, 0.15) is 0 Å². The molecule has 0 aliphatic rings. The summed E-state index contributed by atoms with van der Waals surface area (Å²) in [5.74, 6) is 1.26. The van der Waals surface area contributed by atoms with Crippen molar-refractivity contribution in [3.8, 4) is 0 Å². The molecule has 0 rings (SSSR count). The molecule has 0 saturated heterocycles. The van der Waals surface area contributed by atoms with Crippen LogP contribution < -0.4 is 11.1 Å². The van der Waals surface area contributed by atoms with E-state index in [9.17, 15) is 8.78 Å². The van der Waals surface area contributed by atoms with Gasteiger partial charge in [-0.3, -0.25) is 0 Å². The minimum absolute atomic E-state index is 0.191. The lowest BCUT2D eigenvalue weighted by molar-refractivity contribution is 0.145. The van der Waals surface area contributed by atoms with Crippen LogP contribution in [0.3, 0.4) is 0 Å². The molecular formula is C11H24F2N2. The summed E-state index contributed by atoms with van der Waals surface area (Å²) < 4.78 is 23.6. The summed E-state index contributed by atoms with van der Waals surface area (Å²) in [5, 5.41) is 2.74. The molecule has 1 atom stereocenters. The van der Waals surface area contributed by atoms with Gasteiger partial charge in [-0.1, -0.05) is 13.8 Å². The maximum Gasteiger partial charge on any atom is 0.250 e. The van der Waals surface area contributed by atoms with Gasteiger partial charge in [-0.15, -0.1) is 0 Å². The molecule has 0 spiro atoms. The normalized spacial score (nSPS) is 13.8. The van der Waals surface area contributed by atoms with Gasteiger partial charge in [0.05, 0.1) is 6.54 Å². The molecule has 15 heavy (non-hydrogen) atoms. The van der Waals surface area contributed by atoms with Gasteiger partial charge in [-0.2, -0.15) is 0 Å². The molecule has 2 nitrogen and oxygen atoms in total. The van der Waals surface area contributed by atoms with Crippen LogP contribution in [0, 0.1) is 11.8 Å². The molecule has 3 N–H and O–H groups in total. The van der Waals surface area contributed by atoms with E-state index in [-0.39, 0.29) is 6.54 Å². The van der Waals surface area contributed by atoms with Crippen molar-refractivity contribution in [2.75, 3.05) is 19.6 Å². The van der Waals surface area contributed by atoms with Gasteiger partial charge in [0.25, 0.3) is 6.43 Å². The quantitative estimate of drug-likeness (QED) is 0.587. The monoisotopic (exact) mass is 222 g/mol. The molecule has 0 aromatic rings. The van der Waals surface area contributed by atoms with Crippen LogP contribution in [0.5, 0.6) is 0 Å². The molecule has 0 aromatic carbocycles. The van der Waals surface area contributed by atoms with Crippen LogP contribution in [0.4, 0.5) is 8.78 Å². The zero-order chi connectivity index (χ0) is 11.7. The number of nitrogens with two attached hydrogens (primary N) is 1. The van der Waals surface area contributed by atoms with E-state index in [1.807, 2.05) is 0 Å². The molecule has 0 fully saturated rings. The van der Waals surface area contributed by atoms with Gasteiger partial charge >= 0.3 is 0 Å². The second-order valence-electron chi connectivity index (χ2n) is 4.32. The summed E-state index contributed by atoms with van der Waals surface area (Å²) >= 11 is 0. The summed E-state index contributed by atoms with van der Waals surface area (Å²) in [5.41, 5.74) is 5.52. The summed E-state index contributed by atoms with van der Waals surface area (Å²) in [6.07, 6.45) is 0.822. The van der Waals surface area contributed by atoms with Crippen LogP contribution in [0.1, 0.15) is 33.1 Å². The van der Waals surface area contributed by atoms with Gasteiger partial charge in [-0.25, -0.2) is 8.78 Å². The zero-order valence-electron chi connectivity index (χ0n) is 9.81. The fourth-order valence-corrected chi connectivity index (χ4v) is 1.73. The lowest BCUT2D eigenvalue weighted by Gasteiger charge is -2.19. The molecule has 0 heterocycles. The van der Waals surface area contributed by atoms with Crippen molar-refractivity contribution in [3.63, 3.8) is 0 Å². The first kappa shape index (κ1) is 14.8. The van der Waals surface area contributed by atoms with E-state index < -0.39 is 6.43 Å². The smallest absolute Gasteiger partial charge is 0.250 e. The highest BCUT2D eigenvalue weighted by molar-refractivity contribution is 4.64. The topological polar surface area (TPSA) is 38.0 Å². The van der Waals surface area contributed by atoms with Gasteiger partial charge in [0, 0.05) is 0 Å². The highest BCUT2D eigenvalue weighted by Gasteiger charge is 2.11. The number of alkyl halides is 2. The number of rotatable bonds is 9. The molecule has 4 heteroatoms. The number of nitrogens with one attached hydrogen (secondary N) is 1. The third-order valence-corrected chi connectivity index (χ3v) is 2.71. The minimum Gasteiger partial charge on any atom is -0.330 e. The van der Waals surface area contributed by atoms with Crippen molar-refractivity contribution in [3.05, 3.63) is 0 Å². The third-order valence-electron chi connectivity index (χ3n) is 2.71. The predicted octanol–water partition coefficient (Wildman–Crippen LogP) is 2.24. The summed E-state index contributed by atoms with van der Waals surface area (Å²) in [7, 11) is 0. The summed E-state index contributed by atoms with van der Waals surface area (Å²) in [6.45, 7) is 5.58. The Bertz CT molecular complexity index is 141. The maximum atomic E-state index is 11.8. The van der Waals surface area contributed by atoms with E-state index >= 15 is 0 Å². The fraction of sp³-hybridized carbons (Fsp3) is 1.00. The van der Waals surface area contributed by atoms with Crippen molar-refractivity contribution in [1.82, 2.24) is 5.32 Å². The van der Waals surface area contributed by atoms with Crippen LogP contribution in [-0.2, 0) is 0 Å². The Morgan fingerprint density at radius 3 is 2.33 bits per heavy atom. The Morgan fingerprint density at radius 1 is 1.20 bits per heavy atom. The van der Waals surface area contributed by atoms with Crippen molar-refractivity contribution in [1.29, 1.82) is 0 Å². The second kappa shape index (κ2) is 9.04. The van der Waals surface area contributed by atoms with Crippen LogP contribution in [0.25, 0.3) is 0 Å². The Balaban J connectivity index is 3.45. The van der Waals surface area contributed by atoms with Gasteiger partial charge in [0.15, 0.2) is 0 Å². The minimum atomic E-state index is -2.24. The Labute approximate surface area is 91.6 Å². The van der Waals surface area contributed by atoms with Gasteiger partial charge in [-0.05, 0) is 44.2 Å². The molecule has 0 aromatic heterocycles. The van der Waals surface area contributed by atoms with E-state index in [1.165, 1.54) is 0 Å². The van der Waals surface area contributed by atoms with E-state index in [0.29, 0.717) is 24.9 Å². The van der Waals surface area contributed by atoms with Crippen molar-refractivity contribution >= 4 is 0 Å². The number of hydrogen-bond donors (Lipinski definition) is 2. The molecule has 0 aliphatic heterocycles. The van der Waals surface area contributed by atoms with Crippen molar-refractivity contribution < 1.29 is 8.78 Å². The molecule has 0 saturated carbocycles.